The lowest BCUT2D eigenvalue weighted by molar-refractivity contribution is 0.314. The van der Waals surface area contributed by atoms with Crippen LogP contribution in [0.1, 0.15) is 16.7 Å². The predicted molar refractivity (Wildman–Crippen MR) is 76.9 cm³/mol. The van der Waals surface area contributed by atoms with Gasteiger partial charge in [0.2, 0.25) is 0 Å². The van der Waals surface area contributed by atoms with Crippen LogP contribution in [0.15, 0.2) is 28.9 Å². The molecule has 0 amide bonds. The Kier molecular flexibility index (Phi) is 2.82. The second-order valence-electron chi connectivity index (χ2n) is 4.92. The number of hydrogen-bond acceptors (Lipinski definition) is 5. The number of aryl methyl sites for hydroxylation is 2. The zero-order valence-electron chi connectivity index (χ0n) is 11.6. The van der Waals surface area contributed by atoms with Crippen LogP contribution >= 0.6 is 0 Å². The summed E-state index contributed by atoms with van der Waals surface area (Å²) < 4.78 is 10.7. The molecule has 0 unspecified atom stereocenters. The third-order valence-corrected chi connectivity index (χ3v) is 3.39. The molecule has 1 aromatic heterocycles. The highest BCUT2D eigenvalue weighted by molar-refractivity contribution is 5.90. The number of nitrogen functional groups attached to an aromatic ring is 1. The molecule has 0 spiro atoms. The molecule has 2 aromatic carbocycles. The molecular weight excluding hydrogens is 254 g/mol. The molecular formula is C15H15N3O2. The van der Waals surface area contributed by atoms with Gasteiger partial charge in [-0.3, -0.25) is 0 Å². The van der Waals surface area contributed by atoms with Gasteiger partial charge in [-0.2, -0.15) is 0 Å². The number of hydrogen-bond donors (Lipinski definition) is 1. The molecule has 0 aliphatic rings. The van der Waals surface area contributed by atoms with Gasteiger partial charge < -0.3 is 10.5 Å². The van der Waals surface area contributed by atoms with Gasteiger partial charge in [-0.15, -0.1) is 0 Å². The van der Waals surface area contributed by atoms with Crippen molar-refractivity contribution >= 4 is 16.7 Å². The zero-order chi connectivity index (χ0) is 14.3. The second-order valence-corrected chi connectivity index (χ2v) is 4.92. The molecule has 3 rings (SSSR count). The maximum absolute atomic E-state index is 5.98. The van der Waals surface area contributed by atoms with E-state index in [1.807, 2.05) is 19.9 Å². The van der Waals surface area contributed by atoms with Crippen LogP contribution in [0.5, 0.6) is 11.5 Å². The number of benzene rings is 2. The summed E-state index contributed by atoms with van der Waals surface area (Å²) in [5.74, 6) is 1.39. The first-order chi connectivity index (χ1) is 9.56. The van der Waals surface area contributed by atoms with Crippen LogP contribution in [-0.4, -0.2) is 10.3 Å². The Morgan fingerprint density at radius 2 is 1.75 bits per heavy atom. The summed E-state index contributed by atoms with van der Waals surface area (Å²) in [6.45, 7) is 6.13. The van der Waals surface area contributed by atoms with E-state index in [4.69, 9.17) is 15.1 Å². The Morgan fingerprint density at radius 1 is 1.00 bits per heavy atom. The number of nitrogens with two attached hydrogens (primary N) is 1. The average Bonchev–Trinajstić information content (AvgIpc) is 2.89. The first-order valence-corrected chi connectivity index (χ1v) is 6.32. The summed E-state index contributed by atoms with van der Waals surface area (Å²) in [7, 11) is 0. The van der Waals surface area contributed by atoms with Crippen LogP contribution < -0.4 is 10.5 Å². The fourth-order valence-electron chi connectivity index (χ4n) is 2.17. The van der Waals surface area contributed by atoms with E-state index in [9.17, 15) is 0 Å². The van der Waals surface area contributed by atoms with Gasteiger partial charge in [0.05, 0.1) is 5.69 Å². The number of rotatable bonds is 2. The van der Waals surface area contributed by atoms with Crippen LogP contribution in [0.2, 0.25) is 0 Å². The fourth-order valence-corrected chi connectivity index (χ4v) is 2.17. The maximum atomic E-state index is 5.98. The molecule has 0 saturated heterocycles. The predicted octanol–water partition coefficient (Wildman–Crippen LogP) is 3.52. The highest BCUT2D eigenvalue weighted by atomic mass is 16.6. The Bertz CT molecular complexity index is 793. The Labute approximate surface area is 116 Å². The van der Waals surface area contributed by atoms with E-state index < -0.39 is 0 Å². The lowest BCUT2D eigenvalue weighted by Crippen LogP contribution is -1.94. The van der Waals surface area contributed by atoms with Crippen LogP contribution in [0, 0.1) is 20.8 Å². The molecule has 5 nitrogen and oxygen atoms in total. The minimum absolute atomic E-state index is 0.518. The van der Waals surface area contributed by atoms with Crippen LogP contribution in [0.4, 0.5) is 5.69 Å². The SMILES string of the molecule is Cc1cc(C)c(C)c(Oc2ccc(N)c3nonc23)c1. The van der Waals surface area contributed by atoms with Crippen molar-refractivity contribution in [1.29, 1.82) is 0 Å². The third-order valence-electron chi connectivity index (χ3n) is 3.39. The maximum Gasteiger partial charge on any atom is 0.179 e. The van der Waals surface area contributed by atoms with Crippen LogP contribution in [0.25, 0.3) is 11.0 Å². The van der Waals surface area contributed by atoms with Crippen molar-refractivity contribution in [3.05, 3.63) is 41.0 Å². The molecule has 0 atom stereocenters. The number of nitrogens with zero attached hydrogens (tertiary/aromatic N) is 2. The number of fused-ring (bicyclic) bond motifs is 1. The van der Waals surface area contributed by atoms with E-state index in [1.54, 1.807) is 12.1 Å². The van der Waals surface area contributed by atoms with E-state index in [-0.39, 0.29) is 0 Å². The largest absolute Gasteiger partial charge is 0.455 e. The summed E-state index contributed by atoms with van der Waals surface area (Å²) in [6, 6.07) is 7.63. The van der Waals surface area contributed by atoms with Crippen LogP contribution in [-0.2, 0) is 0 Å². The lowest BCUT2D eigenvalue weighted by atomic mass is 10.1. The molecule has 3 aromatic rings. The second kappa shape index (κ2) is 4.52. The standard InChI is InChI=1S/C15H15N3O2/c1-8-6-9(2)10(3)13(7-8)19-12-5-4-11(16)14-15(12)18-20-17-14/h4-7H,16H2,1-3H3. The fraction of sp³-hybridized carbons (Fsp3) is 0.200. The van der Waals surface area contributed by atoms with Gasteiger partial charge in [0.25, 0.3) is 0 Å². The van der Waals surface area contributed by atoms with Crippen molar-refractivity contribution in [1.82, 2.24) is 10.3 Å². The average molecular weight is 269 g/mol. The number of aromatic nitrogens is 2. The minimum Gasteiger partial charge on any atom is -0.455 e. The molecule has 0 bridgehead atoms. The van der Waals surface area contributed by atoms with E-state index in [0.717, 1.165) is 16.9 Å². The van der Waals surface area contributed by atoms with Gasteiger partial charge >= 0.3 is 0 Å². The Morgan fingerprint density at radius 3 is 2.55 bits per heavy atom. The van der Waals surface area contributed by atoms with Crippen LogP contribution in [0.3, 0.4) is 0 Å². The summed E-state index contributed by atoms with van der Waals surface area (Å²) >= 11 is 0. The first-order valence-electron chi connectivity index (χ1n) is 6.32. The van der Waals surface area contributed by atoms with Gasteiger partial charge in [0.1, 0.15) is 5.75 Å². The summed E-state index contributed by atoms with van der Waals surface area (Å²) in [5, 5.41) is 7.65. The van der Waals surface area contributed by atoms with Gasteiger partial charge in [0.15, 0.2) is 16.8 Å². The Balaban J connectivity index is 2.10. The molecule has 20 heavy (non-hydrogen) atoms. The minimum atomic E-state index is 0.518. The van der Waals surface area contributed by atoms with Crippen molar-refractivity contribution in [3.8, 4) is 11.5 Å². The number of ether oxygens (including phenoxy) is 1. The van der Waals surface area contributed by atoms with Gasteiger partial charge in [-0.1, -0.05) is 6.07 Å². The van der Waals surface area contributed by atoms with Crippen molar-refractivity contribution in [3.63, 3.8) is 0 Å². The molecule has 0 aliphatic heterocycles. The van der Waals surface area contributed by atoms with Gasteiger partial charge in [0, 0.05) is 0 Å². The molecule has 0 saturated carbocycles. The van der Waals surface area contributed by atoms with Gasteiger partial charge in [-0.25, -0.2) is 4.63 Å². The lowest BCUT2D eigenvalue weighted by Gasteiger charge is -2.12. The molecule has 2 N–H and O–H groups in total. The molecule has 102 valence electrons. The summed E-state index contributed by atoms with van der Waals surface area (Å²) in [6.07, 6.45) is 0. The topological polar surface area (TPSA) is 74.2 Å². The van der Waals surface area contributed by atoms with E-state index in [0.29, 0.717) is 22.5 Å². The summed E-state index contributed by atoms with van der Waals surface area (Å²) in [4.78, 5) is 0. The van der Waals surface area contributed by atoms with E-state index in [2.05, 4.69) is 23.3 Å². The molecule has 1 heterocycles. The quantitative estimate of drug-likeness (QED) is 0.720. The third kappa shape index (κ3) is 1.97. The molecule has 5 heteroatoms. The molecule has 0 aliphatic carbocycles. The van der Waals surface area contributed by atoms with Crippen molar-refractivity contribution in [2.75, 3.05) is 5.73 Å². The monoisotopic (exact) mass is 269 g/mol. The normalized spacial score (nSPS) is 10.9. The van der Waals surface area contributed by atoms with Crippen molar-refractivity contribution < 1.29 is 9.37 Å². The van der Waals surface area contributed by atoms with E-state index >= 15 is 0 Å². The highest BCUT2D eigenvalue weighted by Gasteiger charge is 2.13. The van der Waals surface area contributed by atoms with Gasteiger partial charge in [-0.05, 0) is 66.0 Å². The zero-order valence-corrected chi connectivity index (χ0v) is 11.6. The summed E-state index contributed by atoms with van der Waals surface area (Å²) in [5.41, 5.74) is 10.8. The van der Waals surface area contributed by atoms with Crippen molar-refractivity contribution in [2.24, 2.45) is 0 Å². The molecule has 0 radical (unpaired) electrons. The Hall–Kier alpha value is -2.56. The first kappa shape index (κ1) is 12.5. The highest BCUT2D eigenvalue weighted by Crippen LogP contribution is 2.33. The van der Waals surface area contributed by atoms with Crippen molar-refractivity contribution in [2.45, 2.75) is 20.8 Å². The molecule has 0 fully saturated rings. The smallest absolute Gasteiger partial charge is 0.179 e. The number of anilines is 1. The van der Waals surface area contributed by atoms with E-state index in [1.165, 1.54) is 5.56 Å².